The standard InChI is InChI=1S/C29H23F3N6O2S/c30-29(31,32)19-9-10-23-24(14-19)35-27(34-23)37-12-11-22-21(15-37)26(40)38(20-7-2-1-3-8-20)28(36-22)41-16-17-5-4-6-18(13-17)25(33)39/h1-10,13-14H,11-12,15-16H2,(H2,33,39)(H,34,35). The van der Waals surface area contributed by atoms with Crippen molar-refractivity contribution < 1.29 is 18.0 Å². The van der Waals surface area contributed by atoms with E-state index in [0.717, 1.165) is 17.7 Å². The Bertz CT molecular complexity index is 1830. The highest BCUT2D eigenvalue weighted by Gasteiger charge is 2.31. The lowest BCUT2D eigenvalue weighted by atomic mass is 10.1. The van der Waals surface area contributed by atoms with Crippen LogP contribution >= 0.6 is 11.8 Å². The second kappa shape index (κ2) is 10.4. The first-order valence-electron chi connectivity index (χ1n) is 12.7. The van der Waals surface area contributed by atoms with E-state index in [2.05, 4.69) is 9.97 Å². The number of rotatable bonds is 6. The number of thioether (sulfide) groups is 1. The third kappa shape index (κ3) is 5.30. The molecule has 208 valence electrons. The van der Waals surface area contributed by atoms with Gasteiger partial charge in [-0.25, -0.2) is 9.97 Å². The summed E-state index contributed by atoms with van der Waals surface area (Å²) in [6, 6.07) is 19.6. The van der Waals surface area contributed by atoms with Crippen LogP contribution in [0.2, 0.25) is 0 Å². The lowest BCUT2D eigenvalue weighted by Gasteiger charge is -2.28. The smallest absolute Gasteiger partial charge is 0.366 e. The number of imidazole rings is 1. The van der Waals surface area contributed by atoms with Crippen molar-refractivity contribution in [3.05, 3.63) is 111 Å². The number of para-hydroxylation sites is 1. The number of carbonyl (C=O) groups is 1. The molecule has 3 N–H and O–H groups in total. The molecule has 0 spiro atoms. The summed E-state index contributed by atoms with van der Waals surface area (Å²) in [4.78, 5) is 39.8. The van der Waals surface area contributed by atoms with Gasteiger partial charge in [0.15, 0.2) is 5.16 Å². The summed E-state index contributed by atoms with van der Waals surface area (Å²) < 4.78 is 41.1. The molecular formula is C29H23F3N6O2S. The lowest BCUT2D eigenvalue weighted by molar-refractivity contribution is -0.137. The monoisotopic (exact) mass is 576 g/mol. The summed E-state index contributed by atoms with van der Waals surface area (Å²) in [6.45, 7) is 0.678. The third-order valence-electron chi connectivity index (χ3n) is 6.89. The number of nitrogens with zero attached hydrogens (tertiary/aromatic N) is 4. The zero-order chi connectivity index (χ0) is 28.7. The molecule has 0 aliphatic carbocycles. The molecule has 1 amide bonds. The van der Waals surface area contributed by atoms with Crippen LogP contribution in [-0.4, -0.2) is 32.0 Å². The number of fused-ring (bicyclic) bond motifs is 2. The van der Waals surface area contributed by atoms with E-state index in [1.54, 1.807) is 22.8 Å². The van der Waals surface area contributed by atoms with E-state index >= 15 is 0 Å². The Labute approximate surface area is 236 Å². The molecule has 8 nitrogen and oxygen atoms in total. The van der Waals surface area contributed by atoms with E-state index in [1.807, 2.05) is 41.3 Å². The zero-order valence-corrected chi connectivity index (χ0v) is 22.3. The Kier molecular flexibility index (Phi) is 6.78. The maximum atomic E-state index is 14.0. The Morgan fingerprint density at radius 2 is 1.83 bits per heavy atom. The van der Waals surface area contributed by atoms with Gasteiger partial charge in [-0.2, -0.15) is 13.2 Å². The minimum Gasteiger partial charge on any atom is -0.366 e. The molecule has 41 heavy (non-hydrogen) atoms. The zero-order valence-electron chi connectivity index (χ0n) is 21.5. The maximum Gasteiger partial charge on any atom is 0.416 e. The van der Waals surface area contributed by atoms with Gasteiger partial charge in [0.05, 0.1) is 40.1 Å². The molecule has 2 aromatic heterocycles. The van der Waals surface area contributed by atoms with Crippen LogP contribution in [0.4, 0.5) is 19.1 Å². The van der Waals surface area contributed by atoms with Gasteiger partial charge in [-0.3, -0.25) is 14.2 Å². The second-order valence-corrected chi connectivity index (χ2v) is 10.6. The quantitative estimate of drug-likeness (QED) is 0.216. The van der Waals surface area contributed by atoms with E-state index in [1.165, 1.54) is 17.8 Å². The predicted molar refractivity (Wildman–Crippen MR) is 150 cm³/mol. The van der Waals surface area contributed by atoms with E-state index in [-0.39, 0.29) is 17.6 Å². The van der Waals surface area contributed by atoms with Gasteiger partial charge in [0.25, 0.3) is 5.56 Å². The van der Waals surface area contributed by atoms with Gasteiger partial charge in [-0.05, 0) is 48.0 Å². The predicted octanol–water partition coefficient (Wildman–Crippen LogP) is 5.08. The van der Waals surface area contributed by atoms with Gasteiger partial charge in [-0.15, -0.1) is 0 Å². The second-order valence-electron chi connectivity index (χ2n) is 9.61. The Morgan fingerprint density at radius 1 is 1.02 bits per heavy atom. The normalized spacial score (nSPS) is 13.4. The van der Waals surface area contributed by atoms with Crippen LogP contribution in [0.25, 0.3) is 16.7 Å². The van der Waals surface area contributed by atoms with Gasteiger partial charge in [0.2, 0.25) is 11.9 Å². The minimum atomic E-state index is -4.46. The van der Waals surface area contributed by atoms with Crippen LogP contribution in [0, 0.1) is 0 Å². The van der Waals surface area contributed by atoms with Crippen LogP contribution in [0.15, 0.2) is 82.7 Å². The number of hydrogen-bond donors (Lipinski definition) is 2. The van der Waals surface area contributed by atoms with Gasteiger partial charge < -0.3 is 15.6 Å². The number of alkyl halides is 3. The van der Waals surface area contributed by atoms with Gasteiger partial charge >= 0.3 is 6.18 Å². The molecule has 0 atom stereocenters. The molecule has 0 fully saturated rings. The first kappa shape index (κ1) is 26.6. The van der Waals surface area contributed by atoms with Crippen molar-refractivity contribution in [2.24, 2.45) is 5.73 Å². The Hall–Kier alpha value is -4.58. The van der Waals surface area contributed by atoms with Gasteiger partial charge in [-0.1, -0.05) is 42.1 Å². The first-order chi connectivity index (χ1) is 19.7. The number of amides is 1. The average Bonchev–Trinajstić information content (AvgIpc) is 3.40. The van der Waals surface area contributed by atoms with Crippen LogP contribution in [0.5, 0.6) is 0 Å². The van der Waals surface area contributed by atoms with Gasteiger partial charge in [0, 0.05) is 24.3 Å². The first-order valence-corrected chi connectivity index (χ1v) is 13.7. The van der Waals surface area contributed by atoms with Crippen molar-refractivity contribution >= 4 is 34.7 Å². The number of primary amides is 1. The molecule has 0 saturated heterocycles. The summed E-state index contributed by atoms with van der Waals surface area (Å²) in [6.07, 6.45) is -4.01. The summed E-state index contributed by atoms with van der Waals surface area (Å²) in [5.74, 6) is 0.340. The largest absolute Gasteiger partial charge is 0.416 e. The highest BCUT2D eigenvalue weighted by Crippen LogP contribution is 2.32. The Balaban J connectivity index is 1.34. The molecule has 3 heterocycles. The molecule has 1 aliphatic heterocycles. The fourth-order valence-electron chi connectivity index (χ4n) is 4.82. The topological polar surface area (TPSA) is 110 Å². The lowest BCUT2D eigenvalue weighted by Crippen LogP contribution is -2.38. The van der Waals surface area contributed by atoms with Crippen molar-refractivity contribution in [2.45, 2.75) is 30.1 Å². The Morgan fingerprint density at radius 3 is 2.59 bits per heavy atom. The minimum absolute atomic E-state index is 0.200. The number of benzene rings is 3. The molecule has 12 heteroatoms. The fourth-order valence-corrected chi connectivity index (χ4v) is 5.79. The molecule has 5 aromatic rings. The number of hydrogen-bond acceptors (Lipinski definition) is 6. The third-order valence-corrected chi connectivity index (χ3v) is 7.90. The maximum absolute atomic E-state index is 14.0. The number of nitrogens with one attached hydrogen (secondary N) is 1. The number of nitrogens with two attached hydrogens (primary N) is 1. The highest BCUT2D eigenvalue weighted by atomic mass is 32.2. The molecule has 1 aliphatic rings. The van der Waals surface area contributed by atoms with Crippen molar-refractivity contribution in [3.8, 4) is 5.69 Å². The van der Waals surface area contributed by atoms with Crippen LogP contribution < -0.4 is 16.2 Å². The van der Waals surface area contributed by atoms with Crippen molar-refractivity contribution in [2.75, 3.05) is 11.4 Å². The van der Waals surface area contributed by atoms with Crippen molar-refractivity contribution in [1.29, 1.82) is 0 Å². The molecule has 6 rings (SSSR count). The van der Waals surface area contributed by atoms with Crippen LogP contribution in [0.3, 0.4) is 0 Å². The summed E-state index contributed by atoms with van der Waals surface area (Å²) in [7, 11) is 0. The van der Waals surface area contributed by atoms with E-state index in [4.69, 9.17) is 10.7 Å². The summed E-state index contributed by atoms with van der Waals surface area (Å²) in [5.41, 5.74) is 8.21. The summed E-state index contributed by atoms with van der Waals surface area (Å²) >= 11 is 1.38. The number of aromatic nitrogens is 4. The van der Waals surface area contributed by atoms with Crippen LogP contribution in [-0.2, 0) is 24.9 Å². The SMILES string of the molecule is NC(=O)c1cccc(CSc2nc3c(c(=O)n2-c2ccccc2)CN(c2nc4ccc(C(F)(F)F)cc4[nH]2)CC3)c1. The fraction of sp³-hybridized carbons (Fsp3) is 0.172. The number of carbonyl (C=O) groups excluding carboxylic acids is 1. The number of anilines is 1. The van der Waals surface area contributed by atoms with E-state index in [0.29, 0.717) is 57.8 Å². The number of H-pyrrole nitrogens is 1. The van der Waals surface area contributed by atoms with Gasteiger partial charge in [0.1, 0.15) is 0 Å². The molecule has 0 radical (unpaired) electrons. The molecule has 0 saturated carbocycles. The van der Waals surface area contributed by atoms with E-state index < -0.39 is 17.6 Å². The van der Waals surface area contributed by atoms with E-state index in [9.17, 15) is 22.8 Å². The van der Waals surface area contributed by atoms with Crippen molar-refractivity contribution in [3.63, 3.8) is 0 Å². The summed E-state index contributed by atoms with van der Waals surface area (Å²) in [5, 5.41) is 0.515. The highest BCUT2D eigenvalue weighted by molar-refractivity contribution is 7.98. The molecule has 0 unspecified atom stereocenters. The molecular weight excluding hydrogens is 553 g/mol. The average molecular weight is 577 g/mol. The molecule has 0 bridgehead atoms. The number of halogens is 3. The van der Waals surface area contributed by atoms with Crippen LogP contribution in [0.1, 0.15) is 32.7 Å². The molecule has 3 aromatic carbocycles. The van der Waals surface area contributed by atoms with Crippen molar-refractivity contribution in [1.82, 2.24) is 19.5 Å². The number of aromatic amines is 1.